The lowest BCUT2D eigenvalue weighted by molar-refractivity contribution is -0.123. The Bertz CT molecular complexity index is 1090. The molecule has 3 heterocycles. The molecule has 1 aliphatic rings. The highest BCUT2D eigenvalue weighted by atomic mass is 32.2. The summed E-state index contributed by atoms with van der Waals surface area (Å²) in [5.74, 6) is 0.633. The van der Waals surface area contributed by atoms with Crippen LogP contribution in [-0.4, -0.2) is 20.6 Å². The minimum absolute atomic E-state index is 0.230. The van der Waals surface area contributed by atoms with Crippen LogP contribution < -0.4 is 0 Å². The van der Waals surface area contributed by atoms with Crippen LogP contribution in [-0.2, 0) is 17.9 Å². The third-order valence-electron chi connectivity index (χ3n) is 5.13. The van der Waals surface area contributed by atoms with Gasteiger partial charge in [-0.3, -0.25) is 14.5 Å². The summed E-state index contributed by atoms with van der Waals surface area (Å²) >= 11 is 0.999. The zero-order valence-corrected chi connectivity index (χ0v) is 17.5. The number of carbonyl (C=O) groups is 2. The number of thioether (sulfide) groups is 1. The van der Waals surface area contributed by atoms with Crippen molar-refractivity contribution in [2.75, 3.05) is 0 Å². The standard InChI is InChI=1S/C23H22N2O3S/c1-15-6-8-18(9-7-15)13-25-22(26)21(29-23(25)27)12-19-11-16(2)24(17(19)3)14-20-5-4-10-28-20/h4-12H,13-14H2,1-3H3/b21-12-. The van der Waals surface area contributed by atoms with E-state index in [-0.39, 0.29) is 11.1 Å². The number of hydrogen-bond acceptors (Lipinski definition) is 4. The molecule has 6 heteroatoms. The Morgan fingerprint density at radius 2 is 1.79 bits per heavy atom. The quantitative estimate of drug-likeness (QED) is 0.540. The number of imide groups is 1. The van der Waals surface area contributed by atoms with Gasteiger partial charge in [0.05, 0.1) is 24.3 Å². The van der Waals surface area contributed by atoms with Crippen LogP contribution in [0.25, 0.3) is 6.08 Å². The number of carbonyl (C=O) groups excluding carboxylic acids is 2. The second kappa shape index (κ2) is 7.79. The summed E-state index contributed by atoms with van der Waals surface area (Å²) in [5.41, 5.74) is 5.13. The van der Waals surface area contributed by atoms with Gasteiger partial charge in [-0.25, -0.2) is 0 Å². The van der Waals surface area contributed by atoms with E-state index in [2.05, 4.69) is 4.57 Å². The number of amides is 2. The third-order valence-corrected chi connectivity index (χ3v) is 6.04. The Morgan fingerprint density at radius 3 is 2.48 bits per heavy atom. The van der Waals surface area contributed by atoms with E-state index >= 15 is 0 Å². The second-order valence-corrected chi connectivity index (χ2v) is 8.24. The molecule has 0 N–H and O–H groups in total. The van der Waals surface area contributed by atoms with Crippen LogP contribution in [0.2, 0.25) is 0 Å². The van der Waals surface area contributed by atoms with Crippen LogP contribution in [0, 0.1) is 20.8 Å². The van der Waals surface area contributed by atoms with Gasteiger partial charge in [-0.1, -0.05) is 29.8 Å². The molecule has 1 aromatic carbocycles. The zero-order chi connectivity index (χ0) is 20.5. The molecule has 0 saturated carbocycles. The van der Waals surface area contributed by atoms with Crippen molar-refractivity contribution in [3.8, 4) is 0 Å². The molecular formula is C23H22N2O3S. The minimum Gasteiger partial charge on any atom is -0.467 e. The number of nitrogens with zero attached hydrogens (tertiary/aromatic N) is 2. The van der Waals surface area contributed by atoms with Gasteiger partial charge in [0.1, 0.15) is 5.76 Å². The molecule has 29 heavy (non-hydrogen) atoms. The fourth-order valence-electron chi connectivity index (χ4n) is 3.43. The first-order chi connectivity index (χ1) is 13.9. The predicted octanol–water partition coefficient (Wildman–Crippen LogP) is 5.29. The van der Waals surface area contributed by atoms with E-state index < -0.39 is 0 Å². The topological polar surface area (TPSA) is 55.5 Å². The molecule has 2 amide bonds. The summed E-state index contributed by atoms with van der Waals surface area (Å²) in [7, 11) is 0. The smallest absolute Gasteiger partial charge is 0.293 e. The van der Waals surface area contributed by atoms with E-state index in [9.17, 15) is 9.59 Å². The maximum absolute atomic E-state index is 12.8. The Labute approximate surface area is 174 Å². The van der Waals surface area contributed by atoms with Gasteiger partial charge in [0.25, 0.3) is 11.1 Å². The molecule has 4 rings (SSSR count). The maximum Gasteiger partial charge on any atom is 0.293 e. The largest absolute Gasteiger partial charge is 0.467 e. The number of furan rings is 1. The first-order valence-electron chi connectivity index (χ1n) is 9.42. The monoisotopic (exact) mass is 406 g/mol. The summed E-state index contributed by atoms with van der Waals surface area (Å²) < 4.78 is 7.59. The number of benzene rings is 1. The van der Waals surface area contributed by atoms with Gasteiger partial charge in [0, 0.05) is 11.4 Å². The van der Waals surface area contributed by atoms with Crippen molar-refractivity contribution < 1.29 is 14.0 Å². The minimum atomic E-state index is -0.239. The highest BCUT2D eigenvalue weighted by Crippen LogP contribution is 2.34. The molecule has 1 aliphatic heterocycles. The van der Waals surface area contributed by atoms with Gasteiger partial charge in [-0.2, -0.15) is 0 Å². The van der Waals surface area contributed by atoms with E-state index in [1.165, 1.54) is 4.90 Å². The lowest BCUT2D eigenvalue weighted by Crippen LogP contribution is -2.27. The molecule has 0 atom stereocenters. The molecule has 0 bridgehead atoms. The van der Waals surface area contributed by atoms with Gasteiger partial charge >= 0.3 is 0 Å². The van der Waals surface area contributed by atoms with Crippen molar-refractivity contribution in [2.45, 2.75) is 33.9 Å². The van der Waals surface area contributed by atoms with Gasteiger partial charge < -0.3 is 8.98 Å². The Morgan fingerprint density at radius 1 is 1.03 bits per heavy atom. The average Bonchev–Trinajstić information content (AvgIpc) is 3.36. The van der Waals surface area contributed by atoms with Crippen molar-refractivity contribution >= 4 is 29.0 Å². The molecule has 0 aliphatic carbocycles. The van der Waals surface area contributed by atoms with Gasteiger partial charge in [-0.05, 0) is 67.9 Å². The van der Waals surface area contributed by atoms with Crippen LogP contribution in [0.1, 0.15) is 33.8 Å². The van der Waals surface area contributed by atoms with Crippen molar-refractivity contribution in [3.63, 3.8) is 0 Å². The number of aryl methyl sites for hydroxylation is 2. The first kappa shape index (κ1) is 19.3. The summed E-state index contributed by atoms with van der Waals surface area (Å²) in [6.45, 7) is 6.97. The summed E-state index contributed by atoms with van der Waals surface area (Å²) in [6, 6.07) is 13.7. The van der Waals surface area contributed by atoms with Crippen LogP contribution in [0.15, 0.2) is 58.1 Å². The van der Waals surface area contributed by atoms with Crippen molar-refractivity contribution in [1.82, 2.24) is 9.47 Å². The Kier molecular flexibility index (Phi) is 5.20. The van der Waals surface area contributed by atoms with Crippen molar-refractivity contribution in [2.24, 2.45) is 0 Å². The molecule has 1 saturated heterocycles. The van der Waals surface area contributed by atoms with Crippen LogP contribution in [0.4, 0.5) is 4.79 Å². The normalized spacial score (nSPS) is 15.7. The molecule has 0 radical (unpaired) electrons. The second-order valence-electron chi connectivity index (χ2n) is 7.25. The van der Waals surface area contributed by atoms with Gasteiger partial charge in [0.15, 0.2) is 0 Å². The highest BCUT2D eigenvalue weighted by molar-refractivity contribution is 8.18. The van der Waals surface area contributed by atoms with Crippen LogP contribution >= 0.6 is 11.8 Å². The SMILES string of the molecule is Cc1ccc(CN2C(=O)S/C(=C\c3cc(C)n(Cc4ccco4)c3C)C2=O)cc1. The van der Waals surface area contributed by atoms with Crippen molar-refractivity contribution in [1.29, 1.82) is 0 Å². The lowest BCUT2D eigenvalue weighted by Gasteiger charge is -2.12. The number of aromatic nitrogens is 1. The van der Waals surface area contributed by atoms with Gasteiger partial charge in [-0.15, -0.1) is 0 Å². The van der Waals surface area contributed by atoms with E-state index in [0.29, 0.717) is 18.0 Å². The molecular weight excluding hydrogens is 384 g/mol. The molecule has 2 aromatic heterocycles. The van der Waals surface area contributed by atoms with E-state index in [1.54, 1.807) is 6.26 Å². The van der Waals surface area contributed by atoms with E-state index in [0.717, 1.165) is 45.6 Å². The third kappa shape index (κ3) is 3.93. The summed E-state index contributed by atoms with van der Waals surface area (Å²) in [6.07, 6.45) is 3.48. The number of rotatable bonds is 5. The highest BCUT2D eigenvalue weighted by Gasteiger charge is 2.35. The molecule has 148 valence electrons. The average molecular weight is 407 g/mol. The molecule has 0 spiro atoms. The molecule has 1 fully saturated rings. The summed E-state index contributed by atoms with van der Waals surface area (Å²) in [4.78, 5) is 27.0. The first-order valence-corrected chi connectivity index (χ1v) is 10.2. The Balaban J connectivity index is 1.56. The van der Waals surface area contributed by atoms with E-state index in [4.69, 9.17) is 4.42 Å². The molecule has 3 aromatic rings. The fraction of sp³-hybridized carbons (Fsp3) is 0.217. The Hall–Kier alpha value is -2.99. The zero-order valence-electron chi connectivity index (χ0n) is 16.6. The maximum atomic E-state index is 12.8. The van der Waals surface area contributed by atoms with Crippen LogP contribution in [0.5, 0.6) is 0 Å². The molecule has 0 unspecified atom stereocenters. The fourth-order valence-corrected chi connectivity index (χ4v) is 4.26. The molecule has 5 nitrogen and oxygen atoms in total. The summed E-state index contributed by atoms with van der Waals surface area (Å²) in [5, 5.41) is -0.230. The lowest BCUT2D eigenvalue weighted by atomic mass is 10.1. The van der Waals surface area contributed by atoms with E-state index in [1.807, 2.05) is 69.3 Å². The van der Waals surface area contributed by atoms with Crippen LogP contribution in [0.3, 0.4) is 0 Å². The van der Waals surface area contributed by atoms with Crippen molar-refractivity contribution in [3.05, 3.63) is 87.5 Å². The van der Waals surface area contributed by atoms with Gasteiger partial charge in [0.2, 0.25) is 0 Å². The predicted molar refractivity (Wildman–Crippen MR) is 114 cm³/mol. The number of hydrogen-bond donors (Lipinski definition) is 0.